The monoisotopic (exact) mass is 270 g/mol. The molecule has 2 rings (SSSR count). The van der Waals surface area contributed by atoms with Crippen molar-refractivity contribution in [2.24, 2.45) is 0 Å². The number of hydrogen-bond acceptors (Lipinski definition) is 2. The Labute approximate surface area is 121 Å². The molecule has 0 aliphatic carbocycles. The van der Waals surface area contributed by atoms with Gasteiger partial charge in [0.25, 0.3) is 0 Å². The van der Waals surface area contributed by atoms with E-state index >= 15 is 0 Å². The zero-order valence-corrected chi connectivity index (χ0v) is 12.5. The summed E-state index contributed by atoms with van der Waals surface area (Å²) in [5.41, 5.74) is 3.72. The third-order valence-corrected chi connectivity index (χ3v) is 3.28. The van der Waals surface area contributed by atoms with E-state index in [0.29, 0.717) is 6.61 Å². The van der Waals surface area contributed by atoms with E-state index in [1.165, 1.54) is 17.5 Å². The molecule has 0 saturated carbocycles. The Morgan fingerprint density at radius 2 is 1.60 bits per heavy atom. The molecule has 2 heteroatoms. The van der Waals surface area contributed by atoms with Crippen molar-refractivity contribution in [2.75, 3.05) is 7.11 Å². The van der Waals surface area contributed by atoms with Crippen molar-refractivity contribution in [1.82, 2.24) is 0 Å². The lowest BCUT2D eigenvalue weighted by atomic mass is 10.1. The lowest BCUT2D eigenvalue weighted by Crippen LogP contribution is -1.98. The third kappa shape index (κ3) is 3.77. The van der Waals surface area contributed by atoms with Gasteiger partial charge >= 0.3 is 0 Å². The summed E-state index contributed by atoms with van der Waals surface area (Å²) < 4.78 is 11.2. The fourth-order valence-corrected chi connectivity index (χ4v) is 2.15. The van der Waals surface area contributed by atoms with Gasteiger partial charge in [0.1, 0.15) is 6.61 Å². The van der Waals surface area contributed by atoms with Gasteiger partial charge in [0.15, 0.2) is 11.5 Å². The zero-order valence-electron chi connectivity index (χ0n) is 12.5. The first-order chi connectivity index (χ1) is 9.72. The number of benzene rings is 2. The maximum atomic E-state index is 5.84. The van der Waals surface area contributed by atoms with Crippen molar-refractivity contribution < 1.29 is 9.47 Å². The lowest BCUT2D eigenvalue weighted by molar-refractivity contribution is 0.284. The first kappa shape index (κ1) is 14.4. The fraction of sp³-hybridized carbons (Fsp3) is 0.333. The molecule has 2 aromatic rings. The fourth-order valence-electron chi connectivity index (χ4n) is 2.15. The minimum atomic E-state index is 0.561. The SMILES string of the molecule is CCCc1ccc(COc2ccc(C)cc2OC)cc1. The van der Waals surface area contributed by atoms with Crippen LogP contribution >= 0.6 is 0 Å². The van der Waals surface area contributed by atoms with Gasteiger partial charge in [0, 0.05) is 0 Å². The zero-order chi connectivity index (χ0) is 14.4. The van der Waals surface area contributed by atoms with Crippen molar-refractivity contribution >= 4 is 0 Å². The molecule has 0 fully saturated rings. The maximum absolute atomic E-state index is 5.84. The summed E-state index contributed by atoms with van der Waals surface area (Å²) in [7, 11) is 1.67. The normalized spacial score (nSPS) is 10.3. The Morgan fingerprint density at radius 1 is 0.900 bits per heavy atom. The summed E-state index contributed by atoms with van der Waals surface area (Å²) in [4.78, 5) is 0. The van der Waals surface area contributed by atoms with Gasteiger partial charge < -0.3 is 9.47 Å². The number of methoxy groups -OCH3 is 1. The molecular formula is C18H22O2. The number of ether oxygens (including phenoxy) is 2. The van der Waals surface area contributed by atoms with Gasteiger partial charge in [0.2, 0.25) is 0 Å². The summed E-state index contributed by atoms with van der Waals surface area (Å²) >= 11 is 0. The highest BCUT2D eigenvalue weighted by Gasteiger charge is 2.04. The molecule has 0 amide bonds. The topological polar surface area (TPSA) is 18.5 Å². The van der Waals surface area contributed by atoms with Crippen LogP contribution < -0.4 is 9.47 Å². The Balaban J connectivity index is 2.01. The van der Waals surface area contributed by atoms with Crippen LogP contribution in [0, 0.1) is 6.92 Å². The van der Waals surface area contributed by atoms with Gasteiger partial charge in [-0.05, 0) is 42.2 Å². The average molecular weight is 270 g/mol. The number of aryl methyl sites for hydroxylation is 2. The highest BCUT2D eigenvalue weighted by atomic mass is 16.5. The van der Waals surface area contributed by atoms with Crippen LogP contribution in [0.2, 0.25) is 0 Å². The first-order valence-corrected chi connectivity index (χ1v) is 7.08. The minimum Gasteiger partial charge on any atom is -0.493 e. The predicted octanol–water partition coefficient (Wildman–Crippen LogP) is 4.54. The van der Waals surface area contributed by atoms with Crippen LogP contribution in [0.15, 0.2) is 42.5 Å². The summed E-state index contributed by atoms with van der Waals surface area (Å²) in [6.07, 6.45) is 2.31. The van der Waals surface area contributed by atoms with Gasteiger partial charge in [-0.15, -0.1) is 0 Å². The summed E-state index contributed by atoms with van der Waals surface area (Å²) in [5, 5.41) is 0. The second-order valence-corrected chi connectivity index (χ2v) is 5.01. The van der Waals surface area contributed by atoms with E-state index in [-0.39, 0.29) is 0 Å². The second kappa shape index (κ2) is 6.99. The Hall–Kier alpha value is -1.96. The Bertz CT molecular complexity index is 544. The van der Waals surface area contributed by atoms with Crippen LogP contribution in [-0.4, -0.2) is 7.11 Å². The van der Waals surface area contributed by atoms with Crippen molar-refractivity contribution in [3.05, 3.63) is 59.2 Å². The molecule has 0 atom stereocenters. The molecule has 0 aliphatic heterocycles. The first-order valence-electron chi connectivity index (χ1n) is 7.08. The standard InChI is InChI=1S/C18H22O2/c1-4-5-15-7-9-16(10-8-15)13-20-17-11-6-14(2)12-18(17)19-3/h6-12H,4-5,13H2,1-3H3. The van der Waals surface area contributed by atoms with E-state index in [4.69, 9.17) is 9.47 Å². The maximum Gasteiger partial charge on any atom is 0.161 e. The number of hydrogen-bond donors (Lipinski definition) is 0. The molecule has 0 unspecified atom stereocenters. The van der Waals surface area contributed by atoms with E-state index in [1.54, 1.807) is 7.11 Å². The molecule has 0 aliphatic rings. The molecule has 0 N–H and O–H groups in total. The van der Waals surface area contributed by atoms with E-state index in [1.807, 2.05) is 25.1 Å². The van der Waals surface area contributed by atoms with Crippen molar-refractivity contribution in [3.8, 4) is 11.5 Å². The molecule has 0 saturated heterocycles. The Morgan fingerprint density at radius 3 is 2.25 bits per heavy atom. The van der Waals surface area contributed by atoms with Gasteiger partial charge in [-0.3, -0.25) is 0 Å². The third-order valence-electron chi connectivity index (χ3n) is 3.28. The van der Waals surface area contributed by atoms with Crippen molar-refractivity contribution in [3.63, 3.8) is 0 Å². The van der Waals surface area contributed by atoms with E-state index in [9.17, 15) is 0 Å². The van der Waals surface area contributed by atoms with Crippen LogP contribution in [-0.2, 0) is 13.0 Å². The largest absolute Gasteiger partial charge is 0.493 e. The molecule has 106 valence electrons. The molecule has 0 bridgehead atoms. The molecule has 2 nitrogen and oxygen atoms in total. The summed E-state index contributed by atoms with van der Waals surface area (Å²) in [6, 6.07) is 14.6. The smallest absolute Gasteiger partial charge is 0.161 e. The average Bonchev–Trinajstić information content (AvgIpc) is 2.47. The quantitative estimate of drug-likeness (QED) is 0.767. The summed E-state index contributed by atoms with van der Waals surface area (Å²) in [6.45, 7) is 4.80. The van der Waals surface area contributed by atoms with Crippen molar-refractivity contribution in [1.29, 1.82) is 0 Å². The molecule has 0 radical (unpaired) electrons. The predicted molar refractivity (Wildman–Crippen MR) is 82.5 cm³/mol. The van der Waals surface area contributed by atoms with Crippen LogP contribution in [0.4, 0.5) is 0 Å². The van der Waals surface area contributed by atoms with Gasteiger partial charge in [-0.2, -0.15) is 0 Å². The molecule has 0 spiro atoms. The van der Waals surface area contributed by atoms with E-state index < -0.39 is 0 Å². The van der Waals surface area contributed by atoms with E-state index in [0.717, 1.165) is 23.5 Å². The Kier molecular flexibility index (Phi) is 5.05. The molecule has 2 aromatic carbocycles. The van der Waals surface area contributed by atoms with Crippen LogP contribution in [0.25, 0.3) is 0 Å². The molecular weight excluding hydrogens is 248 g/mol. The second-order valence-electron chi connectivity index (χ2n) is 5.01. The van der Waals surface area contributed by atoms with Gasteiger partial charge in [-0.25, -0.2) is 0 Å². The van der Waals surface area contributed by atoms with Crippen LogP contribution in [0.3, 0.4) is 0 Å². The van der Waals surface area contributed by atoms with Crippen LogP contribution in [0.5, 0.6) is 11.5 Å². The van der Waals surface area contributed by atoms with Crippen LogP contribution in [0.1, 0.15) is 30.0 Å². The van der Waals surface area contributed by atoms with Gasteiger partial charge in [-0.1, -0.05) is 43.7 Å². The van der Waals surface area contributed by atoms with Crippen molar-refractivity contribution in [2.45, 2.75) is 33.3 Å². The summed E-state index contributed by atoms with van der Waals surface area (Å²) in [5.74, 6) is 1.57. The molecule has 20 heavy (non-hydrogen) atoms. The highest BCUT2D eigenvalue weighted by molar-refractivity contribution is 5.42. The minimum absolute atomic E-state index is 0.561. The van der Waals surface area contributed by atoms with Gasteiger partial charge in [0.05, 0.1) is 7.11 Å². The highest BCUT2D eigenvalue weighted by Crippen LogP contribution is 2.28. The lowest BCUT2D eigenvalue weighted by Gasteiger charge is -2.11. The molecule has 0 aromatic heterocycles. The van der Waals surface area contributed by atoms with E-state index in [2.05, 4.69) is 31.2 Å². The number of rotatable bonds is 6. The molecule has 0 heterocycles.